The number of nitrogens with zero attached hydrogens (tertiary/aromatic N) is 3. The Labute approximate surface area is 121 Å². The van der Waals surface area contributed by atoms with Gasteiger partial charge in [0.15, 0.2) is 5.13 Å². The van der Waals surface area contributed by atoms with Crippen LogP contribution in [0.4, 0.5) is 5.13 Å². The van der Waals surface area contributed by atoms with E-state index in [0.717, 1.165) is 23.8 Å². The average Bonchev–Trinajstić information content (AvgIpc) is 2.93. The van der Waals surface area contributed by atoms with Gasteiger partial charge in [-0.1, -0.05) is 6.92 Å². The van der Waals surface area contributed by atoms with E-state index in [9.17, 15) is 4.79 Å². The molecule has 2 aromatic heterocycles. The van der Waals surface area contributed by atoms with Crippen LogP contribution in [0.15, 0.2) is 22.3 Å². The molecule has 0 saturated carbocycles. The van der Waals surface area contributed by atoms with Gasteiger partial charge in [0.2, 0.25) is 0 Å². The topological polar surface area (TPSA) is 69.0 Å². The van der Waals surface area contributed by atoms with Crippen LogP contribution in [0.3, 0.4) is 0 Å². The highest BCUT2D eigenvalue weighted by molar-refractivity contribution is 7.14. The van der Waals surface area contributed by atoms with E-state index in [1.807, 2.05) is 5.38 Å². The molecule has 1 N–H and O–H groups in total. The van der Waals surface area contributed by atoms with E-state index in [1.54, 1.807) is 13.2 Å². The van der Waals surface area contributed by atoms with Crippen LogP contribution in [0.1, 0.15) is 13.3 Å². The third-order valence-corrected chi connectivity index (χ3v) is 3.47. The van der Waals surface area contributed by atoms with Crippen LogP contribution in [0.5, 0.6) is 0 Å². The molecule has 0 aliphatic heterocycles. The molecule has 0 saturated heterocycles. The lowest BCUT2D eigenvalue weighted by atomic mass is 10.3. The van der Waals surface area contributed by atoms with Gasteiger partial charge in [-0.25, -0.2) is 9.67 Å². The number of hydrogen-bond acceptors (Lipinski definition) is 6. The first-order chi connectivity index (χ1) is 9.74. The molecule has 20 heavy (non-hydrogen) atoms. The number of rotatable bonds is 7. The molecule has 108 valence electrons. The van der Waals surface area contributed by atoms with Crippen molar-refractivity contribution in [3.05, 3.63) is 27.9 Å². The van der Waals surface area contributed by atoms with Crippen molar-refractivity contribution in [1.29, 1.82) is 0 Å². The summed E-state index contributed by atoms with van der Waals surface area (Å²) >= 11 is 1.54. The van der Waals surface area contributed by atoms with Crippen molar-refractivity contribution in [2.24, 2.45) is 0 Å². The highest BCUT2D eigenvalue weighted by atomic mass is 32.1. The van der Waals surface area contributed by atoms with Crippen LogP contribution < -0.4 is 10.9 Å². The van der Waals surface area contributed by atoms with E-state index >= 15 is 0 Å². The smallest absolute Gasteiger partial charge is 0.266 e. The van der Waals surface area contributed by atoms with Crippen LogP contribution in [0.25, 0.3) is 11.4 Å². The van der Waals surface area contributed by atoms with Gasteiger partial charge < -0.3 is 10.1 Å². The highest BCUT2D eigenvalue weighted by Gasteiger charge is 2.07. The Hall–Kier alpha value is -1.73. The van der Waals surface area contributed by atoms with Gasteiger partial charge in [-0.3, -0.25) is 4.79 Å². The minimum Gasteiger partial charge on any atom is -0.383 e. The fourth-order valence-corrected chi connectivity index (χ4v) is 2.36. The van der Waals surface area contributed by atoms with Gasteiger partial charge in [0.1, 0.15) is 11.4 Å². The zero-order chi connectivity index (χ0) is 14.4. The summed E-state index contributed by atoms with van der Waals surface area (Å²) in [6.07, 6.45) is 1.05. The number of ether oxygens (including phenoxy) is 1. The zero-order valence-electron chi connectivity index (χ0n) is 11.6. The van der Waals surface area contributed by atoms with Gasteiger partial charge in [-0.15, -0.1) is 11.3 Å². The first kappa shape index (κ1) is 14.7. The number of hydrogen-bond donors (Lipinski definition) is 1. The highest BCUT2D eigenvalue weighted by Crippen LogP contribution is 2.22. The van der Waals surface area contributed by atoms with E-state index < -0.39 is 0 Å². The van der Waals surface area contributed by atoms with Crippen molar-refractivity contribution in [2.75, 3.05) is 25.6 Å². The standard InChI is InChI=1S/C13H18N4O2S/c1-3-6-14-13-15-11(9-20-13)10-4-5-12(18)17(16-10)7-8-19-2/h4-5,9H,3,6-8H2,1-2H3,(H,14,15). The summed E-state index contributed by atoms with van der Waals surface area (Å²) in [5.41, 5.74) is 1.34. The monoisotopic (exact) mass is 294 g/mol. The lowest BCUT2D eigenvalue weighted by Gasteiger charge is -2.04. The minimum atomic E-state index is -0.134. The predicted octanol–water partition coefficient (Wildman–Crippen LogP) is 1.84. The first-order valence-electron chi connectivity index (χ1n) is 6.51. The SMILES string of the molecule is CCCNc1nc(-c2ccc(=O)n(CCOC)n2)cs1. The predicted molar refractivity (Wildman–Crippen MR) is 80.3 cm³/mol. The first-order valence-corrected chi connectivity index (χ1v) is 7.39. The molecule has 2 rings (SSSR count). The van der Waals surface area contributed by atoms with E-state index in [1.165, 1.54) is 22.1 Å². The zero-order valence-corrected chi connectivity index (χ0v) is 12.4. The van der Waals surface area contributed by atoms with Gasteiger partial charge in [-0.05, 0) is 12.5 Å². The summed E-state index contributed by atoms with van der Waals surface area (Å²) in [4.78, 5) is 16.1. The van der Waals surface area contributed by atoms with E-state index in [-0.39, 0.29) is 5.56 Å². The van der Waals surface area contributed by atoms with Crippen LogP contribution in [-0.4, -0.2) is 35.0 Å². The molecule has 0 aliphatic rings. The third-order valence-electron chi connectivity index (χ3n) is 2.67. The number of methoxy groups -OCH3 is 1. The second-order valence-corrected chi connectivity index (χ2v) is 5.10. The fourth-order valence-electron chi connectivity index (χ4n) is 1.63. The third kappa shape index (κ3) is 3.64. The molecule has 0 aromatic carbocycles. The molecule has 0 radical (unpaired) electrons. The number of nitrogens with one attached hydrogen (secondary N) is 1. The Morgan fingerprint density at radius 3 is 3.00 bits per heavy atom. The number of aromatic nitrogens is 3. The van der Waals surface area contributed by atoms with Gasteiger partial charge in [0.25, 0.3) is 5.56 Å². The Morgan fingerprint density at radius 2 is 2.25 bits per heavy atom. The van der Waals surface area contributed by atoms with Crippen LogP contribution in [0, 0.1) is 0 Å². The van der Waals surface area contributed by atoms with Crippen molar-refractivity contribution in [3.63, 3.8) is 0 Å². The van der Waals surface area contributed by atoms with E-state index in [2.05, 4.69) is 22.3 Å². The van der Waals surface area contributed by atoms with Crippen molar-refractivity contribution < 1.29 is 4.74 Å². The average molecular weight is 294 g/mol. The molecule has 0 aliphatic carbocycles. The van der Waals surface area contributed by atoms with Gasteiger partial charge in [-0.2, -0.15) is 5.10 Å². The lowest BCUT2D eigenvalue weighted by Crippen LogP contribution is -2.24. The van der Waals surface area contributed by atoms with E-state index in [0.29, 0.717) is 18.8 Å². The Bertz CT molecular complexity index is 608. The van der Waals surface area contributed by atoms with Crippen molar-refractivity contribution >= 4 is 16.5 Å². The van der Waals surface area contributed by atoms with Crippen molar-refractivity contribution in [1.82, 2.24) is 14.8 Å². The Balaban J connectivity index is 2.19. The quantitative estimate of drug-likeness (QED) is 0.844. The molecule has 0 atom stereocenters. The van der Waals surface area contributed by atoms with Gasteiger partial charge in [0, 0.05) is 25.1 Å². The molecular formula is C13H18N4O2S. The Kier molecular flexibility index (Phi) is 5.25. The molecule has 0 spiro atoms. The summed E-state index contributed by atoms with van der Waals surface area (Å²) in [6, 6.07) is 3.21. The lowest BCUT2D eigenvalue weighted by molar-refractivity contribution is 0.182. The number of thiazole rings is 1. The van der Waals surface area contributed by atoms with Crippen LogP contribution in [0.2, 0.25) is 0 Å². The number of anilines is 1. The second kappa shape index (κ2) is 7.16. The molecule has 7 heteroatoms. The van der Waals surface area contributed by atoms with Crippen LogP contribution in [-0.2, 0) is 11.3 Å². The van der Waals surface area contributed by atoms with Crippen molar-refractivity contribution in [3.8, 4) is 11.4 Å². The molecule has 0 unspecified atom stereocenters. The molecule has 0 bridgehead atoms. The summed E-state index contributed by atoms with van der Waals surface area (Å²) in [5.74, 6) is 0. The normalized spacial score (nSPS) is 10.7. The van der Waals surface area contributed by atoms with Crippen molar-refractivity contribution in [2.45, 2.75) is 19.9 Å². The van der Waals surface area contributed by atoms with Gasteiger partial charge in [0.05, 0.1) is 13.2 Å². The largest absolute Gasteiger partial charge is 0.383 e. The molecular weight excluding hydrogens is 276 g/mol. The second-order valence-electron chi connectivity index (χ2n) is 4.24. The summed E-state index contributed by atoms with van der Waals surface area (Å²) < 4.78 is 6.37. The fraction of sp³-hybridized carbons (Fsp3) is 0.462. The van der Waals surface area contributed by atoms with Crippen LogP contribution >= 0.6 is 11.3 Å². The minimum absolute atomic E-state index is 0.134. The molecule has 0 amide bonds. The molecule has 2 aromatic rings. The maximum Gasteiger partial charge on any atom is 0.266 e. The van der Waals surface area contributed by atoms with Gasteiger partial charge >= 0.3 is 0 Å². The summed E-state index contributed by atoms with van der Waals surface area (Å²) in [5, 5.41) is 10.4. The molecule has 2 heterocycles. The van der Waals surface area contributed by atoms with E-state index in [4.69, 9.17) is 4.74 Å². The Morgan fingerprint density at radius 1 is 1.40 bits per heavy atom. The maximum absolute atomic E-state index is 11.7. The molecule has 6 nitrogen and oxygen atoms in total. The molecule has 0 fully saturated rings. The summed E-state index contributed by atoms with van der Waals surface area (Å²) in [7, 11) is 1.60. The summed E-state index contributed by atoms with van der Waals surface area (Å²) in [6.45, 7) is 3.90. The maximum atomic E-state index is 11.7.